The summed E-state index contributed by atoms with van der Waals surface area (Å²) in [5.74, 6) is 0.529. The molecule has 0 spiro atoms. The maximum absolute atomic E-state index is 13.9. The number of fused-ring (bicyclic) bond motifs is 1. The van der Waals surface area contributed by atoms with Crippen LogP contribution in [0, 0.1) is 0 Å². The van der Waals surface area contributed by atoms with Gasteiger partial charge in [0.25, 0.3) is 5.56 Å². The summed E-state index contributed by atoms with van der Waals surface area (Å²) in [4.78, 5) is 38.0. The van der Waals surface area contributed by atoms with E-state index in [1.165, 1.54) is 23.3 Å². The summed E-state index contributed by atoms with van der Waals surface area (Å²) in [6.07, 6.45) is 4.90. The van der Waals surface area contributed by atoms with Crippen molar-refractivity contribution in [2.75, 3.05) is 11.6 Å². The Bertz CT molecular complexity index is 1620. The van der Waals surface area contributed by atoms with Gasteiger partial charge < -0.3 is 4.90 Å². The van der Waals surface area contributed by atoms with Crippen LogP contribution in [-0.4, -0.2) is 41.7 Å². The lowest BCUT2D eigenvalue weighted by atomic mass is 10.0. The van der Waals surface area contributed by atoms with Crippen LogP contribution >= 0.6 is 23.2 Å². The van der Waals surface area contributed by atoms with E-state index in [1.54, 1.807) is 39.0 Å². The van der Waals surface area contributed by atoms with Crippen molar-refractivity contribution in [2.24, 2.45) is 0 Å². The zero-order valence-corrected chi connectivity index (χ0v) is 22.0. The van der Waals surface area contributed by atoms with Gasteiger partial charge in [-0.1, -0.05) is 53.5 Å². The number of benzene rings is 2. The molecule has 0 aliphatic carbocycles. The molecular weight excluding hydrogens is 541 g/mol. The zero-order chi connectivity index (χ0) is 26.9. The van der Waals surface area contributed by atoms with E-state index in [0.717, 1.165) is 5.56 Å². The monoisotopic (exact) mass is 563 g/mol. The number of aromatic nitrogens is 5. The first kappa shape index (κ1) is 25.1. The Morgan fingerprint density at radius 3 is 2.67 bits per heavy atom. The fourth-order valence-electron chi connectivity index (χ4n) is 4.74. The lowest BCUT2D eigenvalue weighted by Gasteiger charge is -2.31. The number of nitrogens with one attached hydrogen (secondary N) is 2. The maximum Gasteiger partial charge on any atom is 0.254 e. The lowest BCUT2D eigenvalue weighted by Crippen LogP contribution is -2.45. The molecule has 13 heteroatoms. The molecule has 0 bridgehead atoms. The van der Waals surface area contributed by atoms with Gasteiger partial charge in [-0.3, -0.25) is 24.6 Å². The molecular formula is C26H23Cl2N9O2. The third-order valence-corrected chi connectivity index (χ3v) is 7.11. The first-order chi connectivity index (χ1) is 19.0. The first-order valence-corrected chi connectivity index (χ1v) is 13.0. The summed E-state index contributed by atoms with van der Waals surface area (Å²) in [6, 6.07) is 15.5. The summed E-state index contributed by atoms with van der Waals surface area (Å²) in [5.41, 5.74) is 8.00. The van der Waals surface area contributed by atoms with Crippen molar-refractivity contribution >= 4 is 34.8 Å². The second kappa shape index (κ2) is 10.5. The topological polar surface area (TPSA) is 113 Å². The van der Waals surface area contributed by atoms with Gasteiger partial charge in [-0.05, 0) is 23.8 Å². The quantitative estimate of drug-likeness (QED) is 0.344. The van der Waals surface area contributed by atoms with Gasteiger partial charge in [0.15, 0.2) is 0 Å². The van der Waals surface area contributed by atoms with Crippen LogP contribution in [0.1, 0.15) is 17.4 Å². The second-order valence-electron chi connectivity index (χ2n) is 9.13. The van der Waals surface area contributed by atoms with Crippen molar-refractivity contribution < 1.29 is 4.79 Å². The third kappa shape index (κ3) is 5.11. The maximum atomic E-state index is 13.9. The summed E-state index contributed by atoms with van der Waals surface area (Å²) < 4.78 is 3.18. The van der Waals surface area contributed by atoms with Crippen LogP contribution in [0.25, 0.3) is 11.3 Å². The van der Waals surface area contributed by atoms with E-state index in [0.29, 0.717) is 59.0 Å². The van der Waals surface area contributed by atoms with E-state index >= 15 is 0 Å². The van der Waals surface area contributed by atoms with Crippen molar-refractivity contribution in [3.8, 4) is 11.3 Å². The van der Waals surface area contributed by atoms with E-state index < -0.39 is 6.04 Å². The third-order valence-electron chi connectivity index (χ3n) is 6.68. The molecule has 39 heavy (non-hydrogen) atoms. The van der Waals surface area contributed by atoms with E-state index in [4.69, 9.17) is 23.2 Å². The molecule has 2 aromatic carbocycles. The Morgan fingerprint density at radius 2 is 1.90 bits per heavy atom. The number of nitrogens with zero attached hydrogens (tertiary/aromatic N) is 7. The van der Waals surface area contributed by atoms with Crippen molar-refractivity contribution in [2.45, 2.75) is 25.6 Å². The summed E-state index contributed by atoms with van der Waals surface area (Å²) >= 11 is 12.4. The van der Waals surface area contributed by atoms with Crippen molar-refractivity contribution in [1.29, 1.82) is 0 Å². The fraction of sp³-hybridized carbons (Fsp3) is 0.192. The standard InChI is InChI=1S/C26H23Cl2N9O2/c27-18-6-7-21(37-13-23(28)32-33-37)19(11-18)20-12-25(38)35(16-30-20)22(10-17-4-2-1-3-5-17)26(39)34-8-9-36-24(14-34)29-15-31-36/h1-7,11-13,15-16,22,32-33H,8-10,14H2/t22-/m0/s1. The Kier molecular flexibility index (Phi) is 6.77. The van der Waals surface area contributed by atoms with E-state index in [-0.39, 0.29) is 11.5 Å². The SMILES string of the molecule is O=C([C@H](Cc1ccccc1)n1cnc(-c2cc(Cl)ccc2N2C=C(Cl)NN2)cc1=O)N1CCn2ncnc2C1. The highest BCUT2D eigenvalue weighted by Crippen LogP contribution is 2.32. The number of anilines is 1. The average molecular weight is 564 g/mol. The molecule has 4 aromatic rings. The van der Waals surface area contributed by atoms with Gasteiger partial charge in [-0.25, -0.2) is 14.6 Å². The van der Waals surface area contributed by atoms with Gasteiger partial charge in [-0.2, -0.15) is 5.10 Å². The van der Waals surface area contributed by atoms with Crippen LogP contribution in [0.5, 0.6) is 0 Å². The predicted octanol–water partition coefficient (Wildman–Crippen LogP) is 2.85. The summed E-state index contributed by atoms with van der Waals surface area (Å²) in [7, 11) is 0. The van der Waals surface area contributed by atoms with Gasteiger partial charge in [0, 0.05) is 29.6 Å². The molecule has 11 nitrogen and oxygen atoms in total. The van der Waals surface area contributed by atoms with Crippen LogP contribution in [-0.2, 0) is 24.3 Å². The van der Waals surface area contributed by atoms with Gasteiger partial charge in [0.1, 0.15) is 23.3 Å². The van der Waals surface area contributed by atoms with Crippen molar-refractivity contribution in [3.63, 3.8) is 0 Å². The average Bonchev–Trinajstić information content (AvgIpc) is 3.60. The molecule has 6 rings (SSSR count). The Balaban J connectivity index is 1.36. The number of halogens is 2. The number of hydrazine groups is 2. The molecule has 0 unspecified atom stereocenters. The Labute approximate surface area is 233 Å². The molecule has 0 fully saturated rings. The number of carbonyl (C=O) groups excluding carboxylic acids is 1. The van der Waals surface area contributed by atoms with Crippen LogP contribution < -0.4 is 21.5 Å². The minimum atomic E-state index is -0.791. The largest absolute Gasteiger partial charge is 0.331 e. The highest BCUT2D eigenvalue weighted by atomic mass is 35.5. The van der Waals surface area contributed by atoms with Crippen LogP contribution in [0.2, 0.25) is 5.02 Å². The smallest absolute Gasteiger partial charge is 0.254 e. The highest BCUT2D eigenvalue weighted by molar-refractivity contribution is 6.31. The molecule has 0 saturated carbocycles. The molecule has 1 atom stereocenters. The normalized spacial score (nSPS) is 15.5. The van der Waals surface area contributed by atoms with Crippen LogP contribution in [0.15, 0.2) is 83.4 Å². The second-order valence-corrected chi connectivity index (χ2v) is 9.97. The van der Waals surface area contributed by atoms with E-state index in [1.807, 2.05) is 30.3 Å². The summed E-state index contributed by atoms with van der Waals surface area (Å²) in [6.45, 7) is 1.34. The molecule has 2 aliphatic heterocycles. The van der Waals surface area contributed by atoms with E-state index in [2.05, 4.69) is 26.0 Å². The van der Waals surface area contributed by atoms with Gasteiger partial charge >= 0.3 is 0 Å². The Hall–Kier alpha value is -4.19. The first-order valence-electron chi connectivity index (χ1n) is 12.2. The van der Waals surface area contributed by atoms with Gasteiger partial charge in [0.05, 0.1) is 37.0 Å². The van der Waals surface area contributed by atoms with Gasteiger partial charge in [0.2, 0.25) is 5.91 Å². The number of hydrogen-bond acceptors (Lipinski definition) is 8. The van der Waals surface area contributed by atoms with Crippen molar-refractivity contribution in [3.05, 3.63) is 105 Å². The number of rotatable bonds is 6. The minimum absolute atomic E-state index is 0.180. The molecule has 2 N–H and O–H groups in total. The fourth-order valence-corrected chi connectivity index (χ4v) is 5.05. The molecule has 2 aromatic heterocycles. The van der Waals surface area contributed by atoms with Gasteiger partial charge in [-0.15, -0.1) is 5.53 Å². The number of carbonyl (C=O) groups is 1. The molecule has 1 amide bonds. The highest BCUT2D eigenvalue weighted by Gasteiger charge is 2.30. The van der Waals surface area contributed by atoms with E-state index in [9.17, 15) is 9.59 Å². The Morgan fingerprint density at radius 1 is 1.05 bits per heavy atom. The minimum Gasteiger partial charge on any atom is -0.331 e. The lowest BCUT2D eigenvalue weighted by molar-refractivity contribution is -0.136. The molecule has 2 aliphatic rings. The number of amides is 1. The van der Waals surface area contributed by atoms with Crippen LogP contribution in [0.3, 0.4) is 0 Å². The molecule has 4 heterocycles. The van der Waals surface area contributed by atoms with Crippen molar-refractivity contribution in [1.82, 2.24) is 40.2 Å². The predicted molar refractivity (Wildman–Crippen MR) is 146 cm³/mol. The number of hydrogen-bond donors (Lipinski definition) is 2. The van der Waals surface area contributed by atoms with Crippen LogP contribution in [0.4, 0.5) is 5.69 Å². The molecule has 0 radical (unpaired) electrons. The zero-order valence-electron chi connectivity index (χ0n) is 20.5. The molecule has 0 saturated heterocycles. The molecule has 198 valence electrons. The summed E-state index contributed by atoms with van der Waals surface area (Å²) in [5, 5.41) is 6.74.